The van der Waals surface area contributed by atoms with Crippen molar-refractivity contribution in [2.45, 2.75) is 38.5 Å². The van der Waals surface area contributed by atoms with Gasteiger partial charge in [0.15, 0.2) is 5.78 Å². The van der Waals surface area contributed by atoms with Gasteiger partial charge < -0.3 is 4.74 Å². The minimum atomic E-state index is -0.0658. The lowest BCUT2D eigenvalue weighted by molar-refractivity contribution is -0.140. The third kappa shape index (κ3) is 1.81. The van der Waals surface area contributed by atoms with E-state index in [1.165, 1.54) is 19.3 Å². The number of nitrogens with zero attached hydrogens (tertiary/aromatic N) is 1. The lowest BCUT2D eigenvalue weighted by Crippen LogP contribution is -2.50. The maximum absolute atomic E-state index is 13.3. The molecule has 3 nitrogen and oxygen atoms in total. The van der Waals surface area contributed by atoms with Crippen LogP contribution in [0, 0.1) is 23.2 Å². The molecule has 4 fully saturated rings. The van der Waals surface area contributed by atoms with Crippen LogP contribution in [-0.4, -0.2) is 17.4 Å². The summed E-state index contributed by atoms with van der Waals surface area (Å²) in [5, 5.41) is 0. The van der Waals surface area contributed by atoms with E-state index in [2.05, 4.69) is 4.98 Å². The molecule has 114 valence electrons. The summed E-state index contributed by atoms with van der Waals surface area (Å²) in [6, 6.07) is 1.87. The summed E-state index contributed by atoms with van der Waals surface area (Å²) in [7, 11) is 0. The SMILES string of the molecule is O=C(C1=Cc2cnccc2OC1)C12CC3CC(CC(C3)C1)C2. The molecule has 0 spiro atoms. The minimum Gasteiger partial charge on any atom is -0.488 e. The van der Waals surface area contributed by atoms with Gasteiger partial charge in [-0.1, -0.05) is 0 Å². The van der Waals surface area contributed by atoms with Crippen LogP contribution in [0.4, 0.5) is 0 Å². The number of Topliss-reactive ketones (excluding diaryl/α,β-unsaturated/α-hetero) is 1. The molecule has 2 heterocycles. The topological polar surface area (TPSA) is 39.2 Å². The van der Waals surface area contributed by atoms with Crippen molar-refractivity contribution < 1.29 is 9.53 Å². The van der Waals surface area contributed by atoms with Gasteiger partial charge in [-0.15, -0.1) is 0 Å². The van der Waals surface area contributed by atoms with Crippen molar-refractivity contribution in [2.24, 2.45) is 23.2 Å². The highest BCUT2D eigenvalue weighted by molar-refractivity contribution is 6.04. The molecule has 5 aliphatic rings. The first-order valence-electron chi connectivity index (χ1n) is 8.54. The summed E-state index contributed by atoms with van der Waals surface area (Å²) in [5.41, 5.74) is 1.74. The van der Waals surface area contributed by atoms with E-state index in [0.717, 1.165) is 53.9 Å². The number of hydrogen-bond donors (Lipinski definition) is 0. The maximum Gasteiger partial charge on any atom is 0.168 e. The third-order valence-electron chi connectivity index (χ3n) is 6.33. The summed E-state index contributed by atoms with van der Waals surface area (Å²) in [6.07, 6.45) is 13.0. The quantitative estimate of drug-likeness (QED) is 0.836. The van der Waals surface area contributed by atoms with E-state index >= 15 is 0 Å². The summed E-state index contributed by atoms with van der Waals surface area (Å²) >= 11 is 0. The van der Waals surface area contributed by atoms with Crippen LogP contribution < -0.4 is 4.74 Å². The van der Waals surface area contributed by atoms with Gasteiger partial charge in [0.2, 0.25) is 0 Å². The monoisotopic (exact) mass is 295 g/mol. The van der Waals surface area contributed by atoms with Crippen molar-refractivity contribution in [3.63, 3.8) is 0 Å². The third-order valence-corrected chi connectivity index (χ3v) is 6.33. The van der Waals surface area contributed by atoms with Gasteiger partial charge in [0.1, 0.15) is 12.4 Å². The van der Waals surface area contributed by atoms with Crippen LogP contribution in [0.2, 0.25) is 0 Å². The van der Waals surface area contributed by atoms with Gasteiger partial charge >= 0.3 is 0 Å². The molecule has 22 heavy (non-hydrogen) atoms. The molecule has 4 aliphatic carbocycles. The Kier molecular flexibility index (Phi) is 2.59. The highest BCUT2D eigenvalue weighted by atomic mass is 16.5. The van der Waals surface area contributed by atoms with Crippen molar-refractivity contribution in [3.8, 4) is 5.75 Å². The molecular weight excluding hydrogens is 274 g/mol. The van der Waals surface area contributed by atoms with Gasteiger partial charge in [0.05, 0.1) is 0 Å². The first kappa shape index (κ1) is 12.9. The Morgan fingerprint density at radius 3 is 2.50 bits per heavy atom. The number of hydrogen-bond acceptors (Lipinski definition) is 3. The summed E-state index contributed by atoms with van der Waals surface area (Å²) in [6.45, 7) is 0.428. The molecule has 1 aromatic heterocycles. The molecule has 4 bridgehead atoms. The largest absolute Gasteiger partial charge is 0.488 e. The summed E-state index contributed by atoms with van der Waals surface area (Å²) < 4.78 is 5.79. The summed E-state index contributed by atoms with van der Waals surface area (Å²) in [4.78, 5) is 17.4. The Balaban J connectivity index is 1.49. The number of aromatic nitrogens is 1. The van der Waals surface area contributed by atoms with E-state index in [-0.39, 0.29) is 5.41 Å². The molecule has 3 heteroatoms. The second kappa shape index (κ2) is 4.43. The van der Waals surface area contributed by atoms with Crippen molar-refractivity contribution in [2.75, 3.05) is 6.61 Å². The lowest BCUT2D eigenvalue weighted by Gasteiger charge is -2.56. The zero-order chi connectivity index (χ0) is 14.7. The van der Waals surface area contributed by atoms with Crippen molar-refractivity contribution >= 4 is 11.9 Å². The molecule has 0 amide bonds. The summed E-state index contributed by atoms with van der Waals surface area (Å²) in [5.74, 6) is 3.62. The molecular formula is C19H21NO2. The highest BCUT2D eigenvalue weighted by Crippen LogP contribution is 2.61. The van der Waals surface area contributed by atoms with Gasteiger partial charge in [-0.2, -0.15) is 0 Å². The van der Waals surface area contributed by atoms with Crippen LogP contribution in [-0.2, 0) is 4.79 Å². The molecule has 1 aliphatic heterocycles. The predicted molar refractivity (Wildman–Crippen MR) is 83.3 cm³/mol. The van der Waals surface area contributed by atoms with E-state index in [1.54, 1.807) is 12.4 Å². The molecule has 0 saturated heterocycles. The molecule has 4 saturated carbocycles. The van der Waals surface area contributed by atoms with Crippen LogP contribution in [0.3, 0.4) is 0 Å². The smallest absolute Gasteiger partial charge is 0.168 e. The van der Waals surface area contributed by atoms with Gasteiger partial charge in [0, 0.05) is 28.9 Å². The number of pyridine rings is 1. The Labute approximate surface area is 130 Å². The Morgan fingerprint density at radius 2 is 1.82 bits per heavy atom. The molecule has 0 atom stereocenters. The van der Waals surface area contributed by atoms with Gasteiger partial charge in [-0.05, 0) is 68.4 Å². The van der Waals surface area contributed by atoms with Crippen molar-refractivity contribution in [1.82, 2.24) is 4.98 Å². The molecule has 0 N–H and O–H groups in total. The van der Waals surface area contributed by atoms with Crippen LogP contribution >= 0.6 is 0 Å². The number of fused-ring (bicyclic) bond motifs is 1. The number of ketones is 1. The van der Waals surface area contributed by atoms with Crippen LogP contribution in [0.15, 0.2) is 24.0 Å². The Bertz CT molecular complexity index is 640. The van der Waals surface area contributed by atoms with E-state index in [9.17, 15) is 4.79 Å². The fourth-order valence-electron chi connectivity index (χ4n) is 5.88. The average molecular weight is 295 g/mol. The fourth-order valence-corrected chi connectivity index (χ4v) is 5.88. The zero-order valence-electron chi connectivity index (χ0n) is 12.8. The van der Waals surface area contributed by atoms with Crippen molar-refractivity contribution in [1.29, 1.82) is 0 Å². The highest BCUT2D eigenvalue weighted by Gasteiger charge is 2.54. The lowest BCUT2D eigenvalue weighted by atomic mass is 9.48. The van der Waals surface area contributed by atoms with Gasteiger partial charge in [-0.3, -0.25) is 9.78 Å². The molecule has 6 rings (SSSR count). The van der Waals surface area contributed by atoms with Gasteiger partial charge in [0.25, 0.3) is 0 Å². The number of rotatable bonds is 2. The van der Waals surface area contributed by atoms with Crippen molar-refractivity contribution in [3.05, 3.63) is 29.6 Å². The standard InChI is InChI=1S/C19H21NO2/c21-18(16-6-15-10-20-2-1-17(15)22-11-16)19-7-12-3-13(8-19)5-14(4-12)9-19/h1-2,6,10,12-14H,3-5,7-9,11H2. The number of carbonyl (C=O) groups is 1. The Hall–Kier alpha value is -1.64. The van der Waals surface area contributed by atoms with Crippen LogP contribution in [0.25, 0.3) is 6.08 Å². The maximum atomic E-state index is 13.3. The Morgan fingerprint density at radius 1 is 1.14 bits per heavy atom. The normalized spacial score (nSPS) is 38.2. The van der Waals surface area contributed by atoms with Gasteiger partial charge in [-0.25, -0.2) is 0 Å². The predicted octanol–water partition coefficient (Wildman–Crippen LogP) is 3.64. The van der Waals surface area contributed by atoms with Crippen LogP contribution in [0.1, 0.15) is 44.1 Å². The second-order valence-electron chi connectivity index (χ2n) is 7.90. The molecule has 0 unspecified atom stereocenters. The van der Waals surface area contributed by atoms with E-state index in [0.29, 0.717) is 12.4 Å². The number of ether oxygens (including phenoxy) is 1. The van der Waals surface area contributed by atoms with E-state index in [4.69, 9.17) is 4.74 Å². The first-order chi connectivity index (χ1) is 10.7. The van der Waals surface area contributed by atoms with E-state index < -0.39 is 0 Å². The second-order valence-corrected chi connectivity index (χ2v) is 7.90. The minimum absolute atomic E-state index is 0.0658. The average Bonchev–Trinajstić information content (AvgIpc) is 2.52. The van der Waals surface area contributed by atoms with E-state index in [1.807, 2.05) is 12.1 Å². The molecule has 0 aromatic carbocycles. The molecule has 1 aromatic rings. The fraction of sp³-hybridized carbons (Fsp3) is 0.579. The molecule has 0 radical (unpaired) electrons. The zero-order valence-corrected chi connectivity index (χ0v) is 12.8. The first-order valence-corrected chi connectivity index (χ1v) is 8.54. The van der Waals surface area contributed by atoms with Crippen LogP contribution in [0.5, 0.6) is 5.75 Å². The number of carbonyl (C=O) groups excluding carboxylic acids is 1.